The van der Waals surface area contributed by atoms with E-state index in [0.717, 1.165) is 36.2 Å². The van der Waals surface area contributed by atoms with Gasteiger partial charge in [-0.25, -0.2) is 4.79 Å². The molecule has 0 bridgehead atoms. The highest BCUT2D eigenvalue weighted by atomic mass is 16.5. The number of hydrogen-bond acceptors (Lipinski definition) is 3. The number of fused-ring (bicyclic) bond motifs is 1. The van der Waals surface area contributed by atoms with E-state index in [1.807, 2.05) is 18.2 Å². The van der Waals surface area contributed by atoms with E-state index in [0.29, 0.717) is 12.5 Å². The second-order valence-electron chi connectivity index (χ2n) is 5.82. The monoisotopic (exact) mass is 288 g/mol. The quantitative estimate of drug-likeness (QED) is 0.937. The van der Waals surface area contributed by atoms with Gasteiger partial charge in [0.1, 0.15) is 11.4 Å². The van der Waals surface area contributed by atoms with E-state index in [1.54, 1.807) is 17.7 Å². The van der Waals surface area contributed by atoms with Gasteiger partial charge in [-0.3, -0.25) is 0 Å². The van der Waals surface area contributed by atoms with Crippen LogP contribution >= 0.6 is 0 Å². The van der Waals surface area contributed by atoms with Crippen LogP contribution in [-0.2, 0) is 7.05 Å². The first kappa shape index (κ1) is 13.9. The third kappa shape index (κ3) is 2.61. The van der Waals surface area contributed by atoms with Crippen molar-refractivity contribution >= 4 is 16.9 Å². The molecule has 1 N–H and O–H groups in total. The summed E-state index contributed by atoms with van der Waals surface area (Å²) in [5.74, 6) is 0.388. The molecule has 0 aliphatic carbocycles. The number of aryl methyl sites for hydroxylation is 1. The Morgan fingerprint density at radius 1 is 1.43 bits per heavy atom. The minimum absolute atomic E-state index is 0.279. The van der Waals surface area contributed by atoms with Crippen molar-refractivity contribution < 1.29 is 14.6 Å². The number of ether oxygens (including phenoxy) is 1. The molecule has 5 nitrogen and oxygen atoms in total. The first-order chi connectivity index (χ1) is 10.1. The number of carboxylic acid groups (broad SMARTS) is 1. The Bertz CT molecular complexity index is 677. The SMILES string of the molecule is CN1CCC(COc2cccc3cc(C(=O)O)n(C)c23)C1. The number of hydrogen-bond donors (Lipinski definition) is 1. The molecule has 1 aliphatic rings. The average molecular weight is 288 g/mol. The van der Waals surface area contributed by atoms with E-state index in [9.17, 15) is 9.90 Å². The van der Waals surface area contributed by atoms with Gasteiger partial charge in [-0.05, 0) is 32.1 Å². The molecule has 0 amide bonds. The number of carbonyl (C=O) groups is 1. The summed E-state index contributed by atoms with van der Waals surface area (Å²) in [6.45, 7) is 2.85. The van der Waals surface area contributed by atoms with Crippen LogP contribution in [-0.4, -0.2) is 47.3 Å². The van der Waals surface area contributed by atoms with Crippen LogP contribution < -0.4 is 4.74 Å². The maximum absolute atomic E-state index is 11.2. The summed E-state index contributed by atoms with van der Waals surface area (Å²) in [7, 11) is 3.89. The van der Waals surface area contributed by atoms with Crippen molar-refractivity contribution in [1.82, 2.24) is 9.47 Å². The third-order valence-corrected chi connectivity index (χ3v) is 4.20. The average Bonchev–Trinajstić information content (AvgIpc) is 3.01. The van der Waals surface area contributed by atoms with Crippen LogP contribution in [0.2, 0.25) is 0 Å². The number of para-hydroxylation sites is 1. The highest BCUT2D eigenvalue weighted by Gasteiger charge is 2.21. The molecular weight excluding hydrogens is 268 g/mol. The fraction of sp³-hybridized carbons (Fsp3) is 0.438. The van der Waals surface area contributed by atoms with E-state index < -0.39 is 5.97 Å². The Labute approximate surface area is 123 Å². The summed E-state index contributed by atoms with van der Waals surface area (Å²) < 4.78 is 7.67. The van der Waals surface area contributed by atoms with E-state index in [4.69, 9.17) is 4.74 Å². The van der Waals surface area contributed by atoms with Crippen molar-refractivity contribution in [2.45, 2.75) is 6.42 Å². The molecule has 0 saturated carbocycles. The largest absolute Gasteiger partial charge is 0.491 e. The molecule has 5 heteroatoms. The van der Waals surface area contributed by atoms with Crippen molar-refractivity contribution in [3.8, 4) is 5.75 Å². The zero-order chi connectivity index (χ0) is 15.0. The van der Waals surface area contributed by atoms with Gasteiger partial charge < -0.3 is 19.3 Å². The van der Waals surface area contributed by atoms with Crippen molar-refractivity contribution in [1.29, 1.82) is 0 Å². The van der Waals surface area contributed by atoms with Crippen LogP contribution in [0.15, 0.2) is 24.3 Å². The number of likely N-dealkylation sites (tertiary alicyclic amines) is 1. The van der Waals surface area contributed by atoms with Crippen LogP contribution in [0.1, 0.15) is 16.9 Å². The molecule has 112 valence electrons. The van der Waals surface area contributed by atoms with Gasteiger partial charge in [0.15, 0.2) is 0 Å². The summed E-state index contributed by atoms with van der Waals surface area (Å²) in [5, 5.41) is 10.1. The second kappa shape index (κ2) is 5.41. The second-order valence-corrected chi connectivity index (χ2v) is 5.82. The molecule has 1 aromatic heterocycles. The molecule has 1 aliphatic heterocycles. The Kier molecular flexibility index (Phi) is 3.59. The number of carboxylic acids is 1. The summed E-state index contributed by atoms with van der Waals surface area (Å²) in [5.41, 5.74) is 1.13. The van der Waals surface area contributed by atoms with E-state index in [1.165, 1.54) is 0 Å². The molecule has 1 atom stereocenters. The maximum Gasteiger partial charge on any atom is 0.352 e. The Balaban J connectivity index is 1.86. The Morgan fingerprint density at radius 3 is 2.90 bits per heavy atom. The van der Waals surface area contributed by atoms with E-state index in [2.05, 4.69) is 11.9 Å². The van der Waals surface area contributed by atoms with Crippen molar-refractivity contribution in [3.63, 3.8) is 0 Å². The predicted octanol–water partition coefficient (Wildman–Crippen LogP) is 2.21. The first-order valence-electron chi connectivity index (χ1n) is 7.19. The highest BCUT2D eigenvalue weighted by molar-refractivity contribution is 5.96. The molecule has 2 heterocycles. The van der Waals surface area contributed by atoms with Crippen LogP contribution in [0, 0.1) is 5.92 Å². The topological polar surface area (TPSA) is 54.7 Å². The van der Waals surface area contributed by atoms with Gasteiger partial charge >= 0.3 is 5.97 Å². The van der Waals surface area contributed by atoms with E-state index in [-0.39, 0.29) is 5.69 Å². The zero-order valence-electron chi connectivity index (χ0n) is 12.4. The third-order valence-electron chi connectivity index (χ3n) is 4.20. The first-order valence-corrected chi connectivity index (χ1v) is 7.19. The lowest BCUT2D eigenvalue weighted by atomic mass is 10.1. The minimum atomic E-state index is -0.919. The summed E-state index contributed by atoms with van der Waals surface area (Å²) in [6.07, 6.45) is 1.15. The number of benzene rings is 1. The van der Waals surface area contributed by atoms with Gasteiger partial charge in [0, 0.05) is 24.9 Å². The molecular formula is C16H20N2O3. The van der Waals surface area contributed by atoms with Gasteiger partial charge in [-0.1, -0.05) is 12.1 Å². The van der Waals surface area contributed by atoms with Gasteiger partial charge in [0.25, 0.3) is 0 Å². The molecule has 21 heavy (non-hydrogen) atoms. The van der Waals surface area contributed by atoms with Crippen molar-refractivity contribution in [3.05, 3.63) is 30.0 Å². The standard InChI is InChI=1S/C16H20N2O3/c1-17-7-6-11(9-17)10-21-14-5-3-4-12-8-13(16(19)20)18(2)15(12)14/h3-5,8,11H,6-7,9-10H2,1-2H3,(H,19,20). The highest BCUT2D eigenvalue weighted by Crippen LogP contribution is 2.29. The number of nitrogens with zero attached hydrogens (tertiary/aromatic N) is 2. The van der Waals surface area contributed by atoms with Crippen molar-refractivity contribution in [2.24, 2.45) is 13.0 Å². The Hall–Kier alpha value is -2.01. The molecule has 1 unspecified atom stereocenters. The van der Waals surface area contributed by atoms with E-state index >= 15 is 0 Å². The van der Waals surface area contributed by atoms with Crippen LogP contribution in [0.3, 0.4) is 0 Å². The fourth-order valence-corrected chi connectivity index (χ4v) is 3.07. The lowest BCUT2D eigenvalue weighted by Crippen LogP contribution is -2.18. The maximum atomic E-state index is 11.2. The van der Waals surface area contributed by atoms with Gasteiger partial charge in [0.05, 0.1) is 12.1 Å². The number of aromatic carboxylic acids is 1. The molecule has 1 fully saturated rings. The van der Waals surface area contributed by atoms with Crippen LogP contribution in [0.25, 0.3) is 10.9 Å². The molecule has 3 rings (SSSR count). The molecule has 0 spiro atoms. The number of aromatic nitrogens is 1. The summed E-state index contributed by atoms with van der Waals surface area (Å²) in [6, 6.07) is 7.42. The molecule has 2 aromatic rings. The van der Waals surface area contributed by atoms with Gasteiger partial charge in [0.2, 0.25) is 0 Å². The van der Waals surface area contributed by atoms with Gasteiger partial charge in [-0.15, -0.1) is 0 Å². The lowest BCUT2D eigenvalue weighted by molar-refractivity contribution is 0.0687. The van der Waals surface area contributed by atoms with Crippen LogP contribution in [0.4, 0.5) is 0 Å². The Morgan fingerprint density at radius 2 is 2.24 bits per heavy atom. The summed E-state index contributed by atoms with van der Waals surface area (Å²) >= 11 is 0. The zero-order valence-corrected chi connectivity index (χ0v) is 12.4. The minimum Gasteiger partial charge on any atom is -0.491 e. The predicted molar refractivity (Wildman–Crippen MR) is 81.0 cm³/mol. The number of rotatable bonds is 4. The lowest BCUT2D eigenvalue weighted by Gasteiger charge is -2.14. The van der Waals surface area contributed by atoms with Crippen molar-refractivity contribution in [2.75, 3.05) is 26.7 Å². The molecule has 0 radical (unpaired) electrons. The molecule has 1 aromatic carbocycles. The normalized spacial score (nSPS) is 19.2. The van der Waals surface area contributed by atoms with Gasteiger partial charge in [-0.2, -0.15) is 0 Å². The van der Waals surface area contributed by atoms with Crippen LogP contribution in [0.5, 0.6) is 5.75 Å². The fourth-order valence-electron chi connectivity index (χ4n) is 3.07. The smallest absolute Gasteiger partial charge is 0.352 e. The molecule has 1 saturated heterocycles. The summed E-state index contributed by atoms with van der Waals surface area (Å²) in [4.78, 5) is 13.5.